The predicted octanol–water partition coefficient (Wildman–Crippen LogP) is 5.64. The molecule has 0 spiro atoms. The maximum absolute atomic E-state index is 13.9. The van der Waals surface area contributed by atoms with E-state index >= 15 is 0 Å². The second-order valence-corrected chi connectivity index (χ2v) is 8.27. The van der Waals surface area contributed by atoms with Gasteiger partial charge in [-0.1, -0.05) is 42.5 Å². The molecule has 5 aromatic rings. The normalized spacial score (nSPS) is 10.8. The van der Waals surface area contributed by atoms with Crippen LogP contribution in [0, 0.1) is 23.0 Å². The lowest BCUT2D eigenvalue weighted by Crippen LogP contribution is -2.06. The Hall–Kier alpha value is -4.90. The molecule has 0 aliphatic carbocycles. The third-order valence-corrected chi connectivity index (χ3v) is 5.71. The molecule has 5 rings (SSSR count). The molecule has 3 aromatic carbocycles. The van der Waals surface area contributed by atoms with E-state index in [0.717, 1.165) is 22.3 Å². The second kappa shape index (κ2) is 9.76. The Morgan fingerprint density at radius 3 is 2.25 bits per heavy atom. The number of anilines is 2. The molecule has 0 fully saturated rings. The van der Waals surface area contributed by atoms with Gasteiger partial charge in [0.05, 0.1) is 5.69 Å². The van der Waals surface area contributed by atoms with E-state index in [-0.39, 0.29) is 35.2 Å². The van der Waals surface area contributed by atoms with E-state index in [1.807, 2.05) is 48.7 Å². The van der Waals surface area contributed by atoms with Gasteiger partial charge in [0.1, 0.15) is 29.1 Å². The van der Waals surface area contributed by atoms with Gasteiger partial charge in [-0.15, -0.1) is 5.10 Å². The van der Waals surface area contributed by atoms with Gasteiger partial charge in [-0.3, -0.25) is 4.79 Å². The molecule has 36 heavy (non-hydrogen) atoms. The Morgan fingerprint density at radius 2 is 1.56 bits per heavy atom. The van der Waals surface area contributed by atoms with Gasteiger partial charge in [-0.25, -0.2) is 13.3 Å². The van der Waals surface area contributed by atoms with E-state index in [4.69, 9.17) is 0 Å². The molecule has 0 bridgehead atoms. The van der Waals surface area contributed by atoms with Crippen molar-refractivity contribution >= 4 is 23.1 Å². The molecule has 0 aliphatic rings. The van der Waals surface area contributed by atoms with Gasteiger partial charge < -0.3 is 5.32 Å². The smallest absolute Gasteiger partial charge is 0.247 e. The minimum atomic E-state index is -0.617. The lowest BCUT2D eigenvalue weighted by atomic mass is 10.0. The van der Waals surface area contributed by atoms with E-state index in [2.05, 4.69) is 15.4 Å². The number of hydrogen-bond acceptors (Lipinski definition) is 5. The van der Waals surface area contributed by atoms with Crippen molar-refractivity contribution in [1.29, 1.82) is 5.26 Å². The van der Waals surface area contributed by atoms with Crippen molar-refractivity contribution < 1.29 is 13.6 Å². The largest absolute Gasteiger partial charge is 0.322 e. The summed E-state index contributed by atoms with van der Waals surface area (Å²) in [6.07, 6.45) is 2.37. The van der Waals surface area contributed by atoms with Crippen molar-refractivity contribution in [1.82, 2.24) is 14.6 Å². The molecule has 176 valence electrons. The molecule has 2 heterocycles. The standard InChI is InChI=1S/C28H19F2N5O/c29-22-11-6-19(7-12-22)15-23(36)14-18-4-8-20(9-5-18)21-10-13-27-33-28(34-35(27)17-21)32-26-3-1-2-25(30)24(26)16-31/h1-13,17H,14-15H2,(H,32,34). The van der Waals surface area contributed by atoms with Crippen molar-refractivity contribution in [2.24, 2.45) is 0 Å². The van der Waals surface area contributed by atoms with Crippen LogP contribution in [0.2, 0.25) is 0 Å². The number of nitrogens with zero attached hydrogens (tertiary/aromatic N) is 4. The Morgan fingerprint density at radius 1 is 0.889 bits per heavy atom. The van der Waals surface area contributed by atoms with Crippen LogP contribution in [0.5, 0.6) is 0 Å². The number of rotatable bonds is 7. The summed E-state index contributed by atoms with van der Waals surface area (Å²) in [6, 6.07) is 23.5. The summed E-state index contributed by atoms with van der Waals surface area (Å²) >= 11 is 0. The van der Waals surface area contributed by atoms with Gasteiger partial charge >= 0.3 is 0 Å². The zero-order chi connectivity index (χ0) is 25.1. The molecule has 0 unspecified atom stereocenters. The first-order valence-corrected chi connectivity index (χ1v) is 11.2. The number of nitrogens with one attached hydrogen (secondary N) is 1. The fraction of sp³-hybridized carbons (Fsp3) is 0.0714. The highest BCUT2D eigenvalue weighted by Gasteiger charge is 2.12. The molecule has 0 atom stereocenters. The summed E-state index contributed by atoms with van der Waals surface area (Å²) in [4.78, 5) is 16.8. The Bertz CT molecular complexity index is 1600. The first-order valence-electron chi connectivity index (χ1n) is 11.2. The van der Waals surface area contributed by atoms with Crippen molar-refractivity contribution in [3.05, 3.63) is 113 Å². The number of carbonyl (C=O) groups is 1. The molecule has 0 radical (unpaired) electrons. The summed E-state index contributed by atoms with van der Waals surface area (Å²) in [5, 5.41) is 16.5. The van der Waals surface area contributed by atoms with Crippen LogP contribution in [-0.4, -0.2) is 20.4 Å². The molecule has 0 saturated heterocycles. The van der Waals surface area contributed by atoms with Crippen molar-refractivity contribution in [3.8, 4) is 17.2 Å². The number of aromatic nitrogens is 3. The number of fused-ring (bicyclic) bond motifs is 1. The van der Waals surface area contributed by atoms with E-state index in [1.165, 1.54) is 24.3 Å². The van der Waals surface area contributed by atoms with Gasteiger partial charge in [0.25, 0.3) is 0 Å². The fourth-order valence-electron chi connectivity index (χ4n) is 3.90. The quantitative estimate of drug-likeness (QED) is 0.326. The molecular formula is C28H19F2N5O. The average Bonchev–Trinajstić information content (AvgIpc) is 3.27. The van der Waals surface area contributed by atoms with Crippen LogP contribution < -0.4 is 5.32 Å². The first kappa shape index (κ1) is 22.9. The minimum absolute atomic E-state index is 0.0521. The second-order valence-electron chi connectivity index (χ2n) is 8.27. The number of ketones is 1. The molecule has 0 saturated carbocycles. The molecule has 0 aliphatic heterocycles. The molecule has 0 amide bonds. The minimum Gasteiger partial charge on any atom is -0.322 e. The lowest BCUT2D eigenvalue weighted by molar-refractivity contribution is -0.117. The van der Waals surface area contributed by atoms with Crippen molar-refractivity contribution in [2.45, 2.75) is 12.8 Å². The number of Topliss-reactive ketones (excluding diaryl/α,β-unsaturated/α-hetero) is 1. The monoisotopic (exact) mass is 479 g/mol. The summed E-state index contributed by atoms with van der Waals surface area (Å²) < 4.78 is 28.5. The highest BCUT2D eigenvalue weighted by molar-refractivity contribution is 5.83. The van der Waals surface area contributed by atoms with Gasteiger partial charge in [0.2, 0.25) is 5.95 Å². The number of benzene rings is 3. The number of nitriles is 1. The van der Waals surface area contributed by atoms with Gasteiger partial charge in [-0.2, -0.15) is 10.2 Å². The van der Waals surface area contributed by atoms with Crippen molar-refractivity contribution in [2.75, 3.05) is 5.32 Å². The van der Waals surface area contributed by atoms with Gasteiger partial charge in [0.15, 0.2) is 5.65 Å². The predicted molar refractivity (Wildman–Crippen MR) is 132 cm³/mol. The zero-order valence-corrected chi connectivity index (χ0v) is 19.0. The Kier molecular flexibility index (Phi) is 6.20. The lowest BCUT2D eigenvalue weighted by Gasteiger charge is -2.05. The third-order valence-electron chi connectivity index (χ3n) is 5.71. The average molecular weight is 479 g/mol. The topological polar surface area (TPSA) is 83.1 Å². The van der Waals surface area contributed by atoms with Crippen LogP contribution in [0.1, 0.15) is 16.7 Å². The van der Waals surface area contributed by atoms with Crippen LogP contribution in [0.25, 0.3) is 16.8 Å². The molecular weight excluding hydrogens is 460 g/mol. The zero-order valence-electron chi connectivity index (χ0n) is 19.0. The number of halogens is 2. The first-order chi connectivity index (χ1) is 17.5. The fourth-order valence-corrected chi connectivity index (χ4v) is 3.90. The van der Waals surface area contributed by atoms with Crippen LogP contribution in [0.3, 0.4) is 0 Å². The van der Waals surface area contributed by atoms with E-state index < -0.39 is 5.82 Å². The van der Waals surface area contributed by atoms with Crippen LogP contribution in [0.15, 0.2) is 85.1 Å². The number of pyridine rings is 1. The summed E-state index contributed by atoms with van der Waals surface area (Å²) in [5.74, 6) is -0.646. The highest BCUT2D eigenvalue weighted by Crippen LogP contribution is 2.24. The third kappa shape index (κ3) is 4.95. The van der Waals surface area contributed by atoms with Crippen molar-refractivity contribution in [3.63, 3.8) is 0 Å². The molecule has 8 heteroatoms. The maximum atomic E-state index is 13.9. The molecule has 2 aromatic heterocycles. The number of carbonyl (C=O) groups excluding carboxylic acids is 1. The summed E-state index contributed by atoms with van der Waals surface area (Å²) in [7, 11) is 0. The van der Waals surface area contributed by atoms with Gasteiger partial charge in [-0.05, 0) is 53.1 Å². The van der Waals surface area contributed by atoms with Crippen LogP contribution >= 0.6 is 0 Å². The SMILES string of the molecule is N#Cc1c(F)cccc1Nc1nc2ccc(-c3ccc(CC(=O)Cc4ccc(F)cc4)cc3)cn2n1. The molecule has 1 N–H and O–H groups in total. The highest BCUT2D eigenvalue weighted by atomic mass is 19.1. The Balaban J connectivity index is 1.29. The summed E-state index contributed by atoms with van der Waals surface area (Å²) in [5.41, 5.74) is 4.28. The molecule has 6 nitrogen and oxygen atoms in total. The summed E-state index contributed by atoms with van der Waals surface area (Å²) in [6.45, 7) is 0. The number of hydrogen-bond donors (Lipinski definition) is 1. The van der Waals surface area contributed by atoms with E-state index in [0.29, 0.717) is 12.1 Å². The van der Waals surface area contributed by atoms with E-state index in [1.54, 1.807) is 22.7 Å². The Labute approximate surface area is 205 Å². The van der Waals surface area contributed by atoms with Crippen LogP contribution in [-0.2, 0) is 17.6 Å². The van der Waals surface area contributed by atoms with Gasteiger partial charge in [0, 0.05) is 24.6 Å². The van der Waals surface area contributed by atoms with Crippen LogP contribution in [0.4, 0.5) is 20.4 Å². The van der Waals surface area contributed by atoms with E-state index in [9.17, 15) is 18.8 Å². The maximum Gasteiger partial charge on any atom is 0.247 e.